The third-order valence-electron chi connectivity index (χ3n) is 7.51. The molecular formula is C38H38FNO3. The van der Waals surface area contributed by atoms with Crippen molar-refractivity contribution >= 4 is 12.0 Å². The van der Waals surface area contributed by atoms with Crippen LogP contribution in [-0.4, -0.2) is 19.7 Å². The third-order valence-corrected chi connectivity index (χ3v) is 7.51. The van der Waals surface area contributed by atoms with E-state index in [-0.39, 0.29) is 17.7 Å². The number of aryl methyl sites for hydroxylation is 2. The number of unbranched alkanes of at least 4 members (excludes halogenated alkanes) is 2. The van der Waals surface area contributed by atoms with Crippen molar-refractivity contribution in [3.63, 3.8) is 0 Å². The van der Waals surface area contributed by atoms with E-state index in [1.165, 1.54) is 24.8 Å². The molecule has 0 aliphatic rings. The van der Waals surface area contributed by atoms with Gasteiger partial charge in [-0.05, 0) is 110 Å². The maximum atomic E-state index is 13.1. The van der Waals surface area contributed by atoms with Gasteiger partial charge in [0.15, 0.2) is 0 Å². The Morgan fingerprint density at radius 1 is 0.837 bits per heavy atom. The van der Waals surface area contributed by atoms with E-state index in [9.17, 15) is 14.4 Å². The lowest BCUT2D eigenvalue weighted by atomic mass is 9.91. The van der Waals surface area contributed by atoms with Crippen LogP contribution in [0.3, 0.4) is 0 Å². The number of allylic oxidation sites excluding steroid dienone is 1. The number of para-hydroxylation sites is 1. The molecule has 220 valence electrons. The van der Waals surface area contributed by atoms with E-state index >= 15 is 0 Å². The predicted molar refractivity (Wildman–Crippen MR) is 169 cm³/mol. The number of hydrogen-bond acceptors (Lipinski definition) is 4. The normalized spacial score (nSPS) is 11.7. The van der Waals surface area contributed by atoms with E-state index < -0.39 is 0 Å². The molecule has 0 saturated carbocycles. The summed E-state index contributed by atoms with van der Waals surface area (Å²) < 4.78 is 24.1. The number of ether oxygens (including phenoxy) is 2. The van der Waals surface area contributed by atoms with Crippen molar-refractivity contribution in [3.8, 4) is 11.8 Å². The van der Waals surface area contributed by atoms with E-state index in [0.29, 0.717) is 17.7 Å². The number of carbonyl (C=O) groups excluding carboxylic acids is 1. The molecule has 4 aromatic rings. The van der Waals surface area contributed by atoms with Gasteiger partial charge in [-0.1, -0.05) is 66.7 Å². The zero-order valence-corrected chi connectivity index (χ0v) is 24.7. The van der Waals surface area contributed by atoms with Gasteiger partial charge in [0.1, 0.15) is 11.6 Å². The predicted octanol–water partition coefficient (Wildman–Crippen LogP) is 8.78. The second-order valence-electron chi connectivity index (χ2n) is 10.7. The lowest BCUT2D eigenvalue weighted by Crippen LogP contribution is -2.05. The smallest absolute Gasteiger partial charge is 0.337 e. The molecule has 5 heteroatoms. The summed E-state index contributed by atoms with van der Waals surface area (Å²) in [4.78, 5) is 11.8. The number of methoxy groups -OCH3 is 1. The molecule has 4 nitrogen and oxygen atoms in total. The Morgan fingerprint density at radius 3 is 2.23 bits per heavy atom. The SMILES string of the molecule is COC(=O)c1ccc(CCC(/C=C/c2ccccc2OCCCCCc2ccc(F)cc2)Cc2ccc(C#N)cc2)cc1. The van der Waals surface area contributed by atoms with Gasteiger partial charge in [0, 0.05) is 5.56 Å². The van der Waals surface area contributed by atoms with Gasteiger partial charge in [0.05, 0.1) is 30.9 Å². The fraction of sp³-hybridized carbons (Fsp3) is 0.263. The number of nitrogens with zero attached hydrogens (tertiary/aromatic N) is 1. The Bertz CT molecular complexity index is 1500. The van der Waals surface area contributed by atoms with Crippen LogP contribution in [-0.2, 0) is 24.0 Å². The van der Waals surface area contributed by atoms with Gasteiger partial charge in [0.25, 0.3) is 0 Å². The van der Waals surface area contributed by atoms with Gasteiger partial charge in [-0.3, -0.25) is 0 Å². The highest BCUT2D eigenvalue weighted by Gasteiger charge is 2.10. The first kappa shape index (κ1) is 31.3. The fourth-order valence-electron chi connectivity index (χ4n) is 4.99. The highest BCUT2D eigenvalue weighted by atomic mass is 19.1. The third kappa shape index (κ3) is 10.3. The average molecular weight is 576 g/mol. The van der Waals surface area contributed by atoms with Gasteiger partial charge in [-0.15, -0.1) is 0 Å². The summed E-state index contributed by atoms with van der Waals surface area (Å²) in [6.45, 7) is 0.643. The average Bonchev–Trinajstić information content (AvgIpc) is 3.05. The Morgan fingerprint density at radius 2 is 1.51 bits per heavy atom. The molecule has 4 aromatic carbocycles. The summed E-state index contributed by atoms with van der Waals surface area (Å²) in [5, 5.41) is 9.17. The highest BCUT2D eigenvalue weighted by molar-refractivity contribution is 5.89. The van der Waals surface area contributed by atoms with Gasteiger partial charge >= 0.3 is 5.97 Å². The largest absolute Gasteiger partial charge is 0.493 e. The van der Waals surface area contributed by atoms with Crippen LogP contribution in [0.5, 0.6) is 5.75 Å². The number of benzene rings is 4. The molecule has 0 heterocycles. The van der Waals surface area contributed by atoms with Gasteiger partial charge in [0.2, 0.25) is 0 Å². The summed E-state index contributed by atoms with van der Waals surface area (Å²) >= 11 is 0. The van der Waals surface area contributed by atoms with Crippen molar-refractivity contribution in [1.82, 2.24) is 0 Å². The summed E-state index contributed by atoms with van der Waals surface area (Å²) in [6, 6.07) is 32.4. The first-order valence-corrected chi connectivity index (χ1v) is 14.8. The Balaban J connectivity index is 1.36. The van der Waals surface area contributed by atoms with Crippen molar-refractivity contribution < 1.29 is 18.7 Å². The Labute approximate surface area is 254 Å². The van der Waals surface area contributed by atoms with Crippen LogP contribution < -0.4 is 4.74 Å². The molecule has 0 N–H and O–H groups in total. The van der Waals surface area contributed by atoms with Crippen LogP contribution in [0.25, 0.3) is 6.08 Å². The molecule has 0 aliphatic carbocycles. The quantitative estimate of drug-likeness (QED) is 0.105. The van der Waals surface area contributed by atoms with Crippen molar-refractivity contribution in [2.24, 2.45) is 5.92 Å². The molecule has 0 aromatic heterocycles. The van der Waals surface area contributed by atoms with Gasteiger partial charge in [-0.2, -0.15) is 5.26 Å². The maximum absolute atomic E-state index is 13.1. The standard InChI is InChI=1S/C38H38FNO3/c1-42-38(41)35-22-16-30(17-23-35)10-11-32(27-31-12-14-33(28-40)15-13-31)18-21-34-8-4-5-9-37(34)43-26-6-2-3-7-29-19-24-36(39)25-20-29/h4-5,8-9,12-25,32H,2-3,6-7,10-11,26-27H2,1H3/b21-18+. The maximum Gasteiger partial charge on any atom is 0.337 e. The van der Waals surface area contributed by atoms with Crippen molar-refractivity contribution in [1.29, 1.82) is 5.26 Å². The molecule has 1 atom stereocenters. The zero-order chi connectivity index (χ0) is 30.3. The number of esters is 1. The lowest BCUT2D eigenvalue weighted by molar-refractivity contribution is 0.0600. The minimum absolute atomic E-state index is 0.197. The van der Waals surface area contributed by atoms with E-state index in [2.05, 4.69) is 24.3 Å². The van der Waals surface area contributed by atoms with E-state index in [1.807, 2.05) is 78.9 Å². The van der Waals surface area contributed by atoms with Crippen LogP contribution in [0.2, 0.25) is 0 Å². The van der Waals surface area contributed by atoms with Gasteiger partial charge in [-0.25, -0.2) is 9.18 Å². The van der Waals surface area contributed by atoms with Crippen LogP contribution in [0.1, 0.15) is 63.9 Å². The molecule has 0 aliphatic heterocycles. The van der Waals surface area contributed by atoms with Gasteiger partial charge < -0.3 is 9.47 Å². The molecule has 4 rings (SSSR count). The summed E-state index contributed by atoms with van der Waals surface area (Å²) in [6.07, 6.45) is 11.0. The first-order valence-electron chi connectivity index (χ1n) is 14.8. The Hall–Kier alpha value is -4.69. The number of halogens is 1. The van der Waals surface area contributed by atoms with Crippen molar-refractivity contribution in [2.75, 3.05) is 13.7 Å². The summed E-state index contributed by atoms with van der Waals surface area (Å²) in [7, 11) is 1.39. The molecule has 0 amide bonds. The minimum Gasteiger partial charge on any atom is -0.493 e. The van der Waals surface area contributed by atoms with Crippen LogP contribution in [0.15, 0.2) is 103 Å². The second-order valence-corrected chi connectivity index (χ2v) is 10.7. The monoisotopic (exact) mass is 575 g/mol. The number of rotatable bonds is 15. The highest BCUT2D eigenvalue weighted by Crippen LogP contribution is 2.24. The van der Waals surface area contributed by atoms with Crippen molar-refractivity contribution in [3.05, 3.63) is 142 Å². The minimum atomic E-state index is -0.334. The first-order chi connectivity index (χ1) is 21.0. The molecule has 0 fully saturated rings. The molecule has 1 unspecified atom stereocenters. The van der Waals surface area contributed by atoms with Crippen LogP contribution >= 0.6 is 0 Å². The number of carbonyl (C=O) groups is 1. The van der Waals surface area contributed by atoms with E-state index in [1.54, 1.807) is 0 Å². The van der Waals surface area contributed by atoms with Crippen molar-refractivity contribution in [2.45, 2.75) is 44.9 Å². The molecule has 0 saturated heterocycles. The topological polar surface area (TPSA) is 59.3 Å². The molecular weight excluding hydrogens is 537 g/mol. The molecule has 0 bridgehead atoms. The summed E-state index contributed by atoms with van der Waals surface area (Å²) in [5.74, 6) is 0.594. The van der Waals surface area contributed by atoms with Crippen LogP contribution in [0, 0.1) is 23.1 Å². The van der Waals surface area contributed by atoms with E-state index in [4.69, 9.17) is 9.47 Å². The second kappa shape index (κ2) is 16.7. The molecule has 0 spiro atoms. The Kier molecular flexibility index (Phi) is 12.1. The number of hydrogen-bond donors (Lipinski definition) is 0. The summed E-state index contributed by atoms with van der Waals surface area (Å²) in [5.41, 5.74) is 5.74. The van der Waals surface area contributed by atoms with Crippen LogP contribution in [0.4, 0.5) is 4.39 Å². The lowest BCUT2D eigenvalue weighted by Gasteiger charge is -2.15. The molecule has 43 heavy (non-hydrogen) atoms. The fourth-order valence-corrected chi connectivity index (χ4v) is 4.99. The number of nitriles is 1. The zero-order valence-electron chi connectivity index (χ0n) is 24.7. The molecule has 0 radical (unpaired) electrons. The van der Waals surface area contributed by atoms with E-state index in [0.717, 1.165) is 67.4 Å².